The number of hydrogen-bond acceptors (Lipinski definition) is 17. The van der Waals surface area contributed by atoms with Crippen LogP contribution in [-0.2, 0) is 76.1 Å². The Hall–Kier alpha value is -4.61. The Morgan fingerprint density at radius 3 is 1.85 bits per heavy atom. The average molecular weight is 666 g/mol. The lowest BCUT2D eigenvalue weighted by molar-refractivity contribution is -0.334. The third-order valence-electron chi connectivity index (χ3n) is 7.01. The number of benzene rings is 1. The van der Waals surface area contributed by atoms with Crippen molar-refractivity contribution < 1.29 is 76.1 Å². The quantitative estimate of drug-likeness (QED) is 0.240. The van der Waals surface area contributed by atoms with Gasteiger partial charge in [0.25, 0.3) is 0 Å². The fourth-order valence-electron chi connectivity index (χ4n) is 5.29. The van der Waals surface area contributed by atoms with E-state index in [1.807, 2.05) is 0 Å². The molecule has 3 heterocycles. The SMILES string of the molecule is COC(=O)[C@H]1O[C@@H](O[C@@H]2[C@H]3N=C(c4ccccc4)O[C@H]3O[C@H](COC(C)=O)[C@@H]2OC(C)=O)[C@H](OC(C)=O)[C@@H](OC(C)=O)[C@@H]1OC(C)=O. The molecule has 2 saturated heterocycles. The number of aliphatic imine (C=N–C) groups is 1. The third kappa shape index (κ3) is 8.60. The van der Waals surface area contributed by atoms with Crippen LogP contribution in [0.15, 0.2) is 35.3 Å². The summed E-state index contributed by atoms with van der Waals surface area (Å²) in [6.07, 6.45) is -13.5. The van der Waals surface area contributed by atoms with Crippen molar-refractivity contribution in [3.8, 4) is 0 Å². The molecule has 0 radical (unpaired) electrons. The molecule has 10 atom stereocenters. The number of carbonyl (C=O) groups excluding carboxylic acids is 6. The second-order valence-corrected chi connectivity index (χ2v) is 10.6. The van der Waals surface area contributed by atoms with Crippen molar-refractivity contribution in [2.24, 2.45) is 4.99 Å². The molecule has 3 aliphatic rings. The van der Waals surface area contributed by atoms with Crippen LogP contribution in [0.1, 0.15) is 40.2 Å². The molecule has 2 fully saturated rings. The third-order valence-corrected chi connectivity index (χ3v) is 7.01. The minimum Gasteiger partial charge on any atom is -0.467 e. The summed E-state index contributed by atoms with van der Waals surface area (Å²) in [6, 6.07) is 7.67. The molecule has 0 spiro atoms. The van der Waals surface area contributed by atoms with Crippen LogP contribution in [0.5, 0.6) is 0 Å². The normalized spacial score (nSPS) is 31.1. The topological polar surface area (TPSA) is 207 Å². The zero-order valence-corrected chi connectivity index (χ0v) is 26.3. The van der Waals surface area contributed by atoms with E-state index in [0.29, 0.717) is 5.56 Å². The molecule has 1 aromatic rings. The maximum atomic E-state index is 12.9. The van der Waals surface area contributed by atoms with Crippen molar-refractivity contribution in [1.29, 1.82) is 0 Å². The lowest BCUT2D eigenvalue weighted by atomic mass is 9.95. The Balaban J connectivity index is 1.81. The van der Waals surface area contributed by atoms with Crippen molar-refractivity contribution in [2.75, 3.05) is 13.7 Å². The van der Waals surface area contributed by atoms with Gasteiger partial charge in [0.05, 0.1) is 7.11 Å². The van der Waals surface area contributed by atoms with Crippen LogP contribution in [0.25, 0.3) is 0 Å². The van der Waals surface area contributed by atoms with Gasteiger partial charge in [0.1, 0.15) is 24.9 Å². The first-order valence-corrected chi connectivity index (χ1v) is 14.4. The predicted octanol–water partition coefficient (Wildman–Crippen LogP) is 0.130. The molecule has 47 heavy (non-hydrogen) atoms. The van der Waals surface area contributed by atoms with Crippen LogP contribution in [0.2, 0.25) is 0 Å². The van der Waals surface area contributed by atoms with Crippen LogP contribution >= 0.6 is 0 Å². The van der Waals surface area contributed by atoms with Gasteiger partial charge in [-0.25, -0.2) is 9.79 Å². The van der Waals surface area contributed by atoms with Gasteiger partial charge in [-0.1, -0.05) is 18.2 Å². The summed E-state index contributed by atoms with van der Waals surface area (Å²) in [6.45, 7) is 5.03. The first-order chi connectivity index (χ1) is 22.3. The Morgan fingerprint density at radius 1 is 0.702 bits per heavy atom. The highest BCUT2D eigenvalue weighted by atomic mass is 16.8. The molecule has 0 saturated carbocycles. The van der Waals surface area contributed by atoms with E-state index >= 15 is 0 Å². The Morgan fingerprint density at radius 2 is 1.28 bits per heavy atom. The lowest BCUT2D eigenvalue weighted by Gasteiger charge is -2.47. The predicted molar refractivity (Wildman–Crippen MR) is 151 cm³/mol. The molecule has 0 aliphatic carbocycles. The van der Waals surface area contributed by atoms with Crippen molar-refractivity contribution in [3.63, 3.8) is 0 Å². The molecule has 17 heteroatoms. The van der Waals surface area contributed by atoms with Crippen LogP contribution in [-0.4, -0.2) is 117 Å². The minimum atomic E-state index is -1.77. The molecule has 4 rings (SSSR count). The molecular formula is C30H35NO16. The first kappa shape index (κ1) is 35.2. The molecule has 17 nitrogen and oxygen atoms in total. The number of esters is 6. The number of carbonyl (C=O) groups is 6. The summed E-state index contributed by atoms with van der Waals surface area (Å²) in [5, 5.41) is 0. The summed E-state index contributed by atoms with van der Waals surface area (Å²) >= 11 is 0. The second kappa shape index (κ2) is 15.3. The number of nitrogens with zero attached hydrogens (tertiary/aromatic N) is 1. The van der Waals surface area contributed by atoms with Gasteiger partial charge >= 0.3 is 35.8 Å². The summed E-state index contributed by atoms with van der Waals surface area (Å²) in [5.74, 6) is -4.99. The molecule has 256 valence electrons. The summed E-state index contributed by atoms with van der Waals surface area (Å²) in [4.78, 5) is 78.2. The highest BCUT2D eigenvalue weighted by Gasteiger charge is 2.59. The zero-order valence-electron chi connectivity index (χ0n) is 26.3. The summed E-state index contributed by atoms with van der Waals surface area (Å²) in [7, 11) is 1.04. The van der Waals surface area contributed by atoms with E-state index in [9.17, 15) is 28.8 Å². The molecule has 0 aromatic heterocycles. The van der Waals surface area contributed by atoms with E-state index in [4.69, 9.17) is 47.4 Å². The smallest absolute Gasteiger partial charge is 0.339 e. The summed E-state index contributed by atoms with van der Waals surface area (Å²) < 4.78 is 56.2. The van der Waals surface area contributed by atoms with E-state index in [-0.39, 0.29) is 5.90 Å². The van der Waals surface area contributed by atoms with Gasteiger partial charge in [-0.05, 0) is 12.1 Å². The van der Waals surface area contributed by atoms with E-state index < -0.39 is 104 Å². The minimum absolute atomic E-state index is 0.144. The maximum Gasteiger partial charge on any atom is 0.339 e. The maximum absolute atomic E-state index is 12.9. The lowest BCUT2D eigenvalue weighted by Crippen LogP contribution is -2.66. The Labute approximate surface area is 268 Å². The Bertz CT molecular complexity index is 1380. The highest BCUT2D eigenvalue weighted by Crippen LogP contribution is 2.37. The molecule has 0 N–H and O–H groups in total. The molecule has 0 bridgehead atoms. The fourth-order valence-corrected chi connectivity index (χ4v) is 5.29. The van der Waals surface area contributed by atoms with Crippen LogP contribution in [0.4, 0.5) is 0 Å². The van der Waals surface area contributed by atoms with Gasteiger partial charge in [0.15, 0.2) is 36.8 Å². The highest BCUT2D eigenvalue weighted by molar-refractivity contribution is 5.95. The number of ether oxygens (including phenoxy) is 10. The molecule has 1 aromatic carbocycles. The van der Waals surface area contributed by atoms with Crippen molar-refractivity contribution in [1.82, 2.24) is 0 Å². The standard InChI is InChI=1S/C30H35NO16/c1-13(32)39-12-19-21(40-14(2)33)22(20-29(44-19)47-27(31-20)18-10-8-7-9-11-18)45-30-26(43-17(5)36)24(42-16(4)35)23(41-15(3)34)25(46-30)28(37)38-6/h7-11,19-26,29-30H,12H2,1-6H3/t19-,20-,21+,22-,23+,24+,25+,26-,29-,30-/m1/s1. The molecule has 3 aliphatic heterocycles. The number of rotatable bonds is 10. The van der Waals surface area contributed by atoms with Crippen molar-refractivity contribution in [3.05, 3.63) is 35.9 Å². The van der Waals surface area contributed by atoms with Gasteiger partial charge in [-0.15, -0.1) is 0 Å². The second-order valence-electron chi connectivity index (χ2n) is 10.6. The van der Waals surface area contributed by atoms with Gasteiger partial charge in [0.2, 0.25) is 12.2 Å². The van der Waals surface area contributed by atoms with Crippen molar-refractivity contribution in [2.45, 2.75) is 96.0 Å². The zero-order chi connectivity index (χ0) is 34.4. The van der Waals surface area contributed by atoms with Crippen LogP contribution < -0.4 is 0 Å². The van der Waals surface area contributed by atoms with Gasteiger partial charge in [-0.3, -0.25) is 24.0 Å². The van der Waals surface area contributed by atoms with Gasteiger partial charge < -0.3 is 47.4 Å². The Kier molecular flexibility index (Phi) is 11.5. The van der Waals surface area contributed by atoms with Crippen molar-refractivity contribution >= 4 is 41.7 Å². The van der Waals surface area contributed by atoms with E-state index in [1.54, 1.807) is 30.3 Å². The van der Waals surface area contributed by atoms with Crippen LogP contribution in [0, 0.1) is 0 Å². The average Bonchev–Trinajstić information content (AvgIpc) is 3.43. The van der Waals surface area contributed by atoms with E-state index in [0.717, 1.165) is 34.8 Å². The molecular weight excluding hydrogens is 630 g/mol. The molecule has 0 unspecified atom stereocenters. The first-order valence-electron chi connectivity index (χ1n) is 14.4. The summed E-state index contributed by atoms with van der Waals surface area (Å²) in [5.41, 5.74) is 0.571. The number of hydrogen-bond donors (Lipinski definition) is 0. The monoisotopic (exact) mass is 665 g/mol. The van der Waals surface area contributed by atoms with Gasteiger partial charge in [0, 0.05) is 40.2 Å². The number of fused-ring (bicyclic) bond motifs is 1. The van der Waals surface area contributed by atoms with E-state index in [2.05, 4.69) is 4.99 Å². The number of methoxy groups -OCH3 is 1. The largest absolute Gasteiger partial charge is 0.467 e. The fraction of sp³-hybridized carbons (Fsp3) is 0.567. The van der Waals surface area contributed by atoms with Gasteiger partial charge in [-0.2, -0.15) is 0 Å². The van der Waals surface area contributed by atoms with Crippen LogP contribution in [0.3, 0.4) is 0 Å². The molecule has 0 amide bonds. The van der Waals surface area contributed by atoms with E-state index in [1.165, 1.54) is 6.92 Å².